The van der Waals surface area contributed by atoms with Crippen LogP contribution in [0.1, 0.15) is 83.5 Å². The summed E-state index contributed by atoms with van der Waals surface area (Å²) in [6, 6.07) is -1.33. The van der Waals surface area contributed by atoms with Gasteiger partial charge in [-0.25, -0.2) is 18.4 Å². The third-order valence-corrected chi connectivity index (χ3v) is 7.82. The van der Waals surface area contributed by atoms with Crippen molar-refractivity contribution in [2.24, 2.45) is 27.3 Å². The summed E-state index contributed by atoms with van der Waals surface area (Å²) < 4.78 is 50.8. The average Bonchev–Trinajstić information content (AvgIpc) is 1.47. The summed E-state index contributed by atoms with van der Waals surface area (Å²) in [4.78, 5) is 107. The fourth-order valence-corrected chi connectivity index (χ4v) is 3.77. The van der Waals surface area contributed by atoms with E-state index in [1.165, 1.54) is 6.92 Å². The number of terminal acetylenes is 6. The molecule has 0 spiro atoms. The van der Waals surface area contributed by atoms with Crippen LogP contribution in [0.3, 0.4) is 0 Å². The number of alkyl halides is 4. The van der Waals surface area contributed by atoms with Crippen LogP contribution in [0.4, 0.5) is 4.39 Å². The Morgan fingerprint density at radius 3 is 1.35 bits per heavy atom. The van der Waals surface area contributed by atoms with Crippen molar-refractivity contribution in [3.63, 3.8) is 0 Å². The van der Waals surface area contributed by atoms with Gasteiger partial charge in [-0.2, -0.15) is 9.18 Å². The van der Waals surface area contributed by atoms with Crippen LogP contribution in [0.15, 0.2) is 4.36 Å². The number of aldehydes is 1. The van der Waals surface area contributed by atoms with Crippen molar-refractivity contribution in [2.45, 2.75) is 88.2 Å². The fourth-order valence-electron chi connectivity index (χ4n) is 2.25. The second kappa shape index (κ2) is 147. The number of epoxide rings is 1. The van der Waals surface area contributed by atoms with Gasteiger partial charge >= 0.3 is 151 Å². The summed E-state index contributed by atoms with van der Waals surface area (Å²) >= 11 is 23.6. The summed E-state index contributed by atoms with van der Waals surface area (Å²) in [5, 5.41) is 26.8. The predicted octanol–water partition coefficient (Wildman–Crippen LogP) is -6.16. The summed E-state index contributed by atoms with van der Waals surface area (Å²) in [5.41, 5.74) is 27.2. The third-order valence-electron chi connectivity index (χ3n) is 4.70. The Hall–Kier alpha value is -1.86. The van der Waals surface area contributed by atoms with Gasteiger partial charge in [0.15, 0.2) is 0 Å². The van der Waals surface area contributed by atoms with Gasteiger partial charge in [0.1, 0.15) is 37.6 Å². The molecule has 2 rings (SSSR count). The topological polar surface area (TPSA) is 499 Å². The van der Waals surface area contributed by atoms with Gasteiger partial charge < -0.3 is 101 Å². The number of aliphatic carboxylic acids is 2. The molecule has 0 aromatic rings. The largest absolute Gasteiger partial charge is 1.00 e. The number of hydrogen-bond acceptors (Lipinski definition) is 27. The summed E-state index contributed by atoms with van der Waals surface area (Å²) in [6.45, 7) is 20.6. The van der Waals surface area contributed by atoms with E-state index in [1.54, 1.807) is 6.92 Å². The van der Waals surface area contributed by atoms with Crippen LogP contribution in [-0.2, 0) is 97.9 Å². The quantitative estimate of drug-likeness (QED) is 0.00518. The number of hydroxylamine groups is 2. The molecular formula is C53H93Br2Cl2FK2N10NaO21PS2. The van der Waals surface area contributed by atoms with Gasteiger partial charge in [-0.15, -0.1) is 66.3 Å². The summed E-state index contributed by atoms with van der Waals surface area (Å²) in [6.07, 6.45) is 34.0. The zero-order chi connectivity index (χ0) is 76.6. The number of ketones is 1. The van der Waals surface area contributed by atoms with E-state index in [9.17, 15) is 32.9 Å². The van der Waals surface area contributed by atoms with Gasteiger partial charge in [0, 0.05) is 92.0 Å². The number of Topliss-reactive ketones (excluding diaryl/α,β-unsaturated/α-hetero) is 1. The van der Waals surface area contributed by atoms with Crippen LogP contribution in [0.2, 0.25) is 0 Å². The van der Waals surface area contributed by atoms with E-state index in [2.05, 4.69) is 150 Å². The number of nitrogens with zero attached hydrogens (tertiary/aromatic N) is 4. The van der Waals surface area contributed by atoms with Gasteiger partial charge in [-0.3, -0.25) is 38.4 Å². The first-order valence-corrected chi connectivity index (χ1v) is 30.2. The molecule has 3 amide bonds. The van der Waals surface area contributed by atoms with E-state index in [0.717, 1.165) is 73.1 Å². The molecule has 0 aromatic heterocycles. The molecule has 95 heavy (non-hydrogen) atoms. The first kappa shape index (κ1) is 144. The number of rotatable bonds is 17. The Kier molecular flexibility index (Phi) is 223. The Labute approximate surface area is 707 Å². The van der Waals surface area contributed by atoms with Crippen LogP contribution < -0.4 is 171 Å². The Morgan fingerprint density at radius 1 is 0.895 bits per heavy atom. The van der Waals surface area contributed by atoms with Crippen molar-refractivity contribution in [1.29, 1.82) is 0 Å². The molecular weight excluding hydrogens is 1560 g/mol. The maximum absolute atomic E-state index is 11.4. The fraction of sp³-hybridized carbons (Fsp3) is 0.566. The number of hydrogen-bond donors (Lipinski definition) is 9. The van der Waals surface area contributed by atoms with Gasteiger partial charge in [-0.05, 0) is 27.3 Å². The number of ether oxygens (including phenoxy) is 3. The number of carbonyl (C=O) groups excluding carboxylic acids is 8. The van der Waals surface area contributed by atoms with Crippen LogP contribution >= 0.6 is 75.5 Å². The van der Waals surface area contributed by atoms with Crippen molar-refractivity contribution in [1.82, 2.24) is 15.1 Å². The molecule has 31 nitrogen and oxygen atoms in total. The minimum atomic E-state index is -3.70. The van der Waals surface area contributed by atoms with Gasteiger partial charge in [0.25, 0.3) is 36.3 Å². The zero-order valence-corrected chi connectivity index (χ0v) is 72.2. The Balaban J connectivity index is -0.0000000362. The van der Waals surface area contributed by atoms with E-state index in [0.29, 0.717) is 75.8 Å². The molecule has 2 saturated heterocycles. The zero-order valence-electron chi connectivity index (χ0n) is 57.7. The van der Waals surface area contributed by atoms with Crippen LogP contribution in [0.25, 0.3) is 5.53 Å². The summed E-state index contributed by atoms with van der Waals surface area (Å²) in [7, 11) is -1.51. The molecule has 2 aliphatic rings. The molecule has 1 atom stereocenters. The third kappa shape index (κ3) is 229. The van der Waals surface area contributed by atoms with E-state index in [-0.39, 0.29) is 164 Å². The standard InChI is InChI=1S/C6H6BrNO4.C6H8O2.C5H9N2O4P.C5H9NO.C4H8BrNO.2C3H5N.C3H4.2C2H5Cl.C2H3FO.C2H7N.2C2H4O2.C2H4O.C2H.CH4N2S2.CH2O3.2K.Na.H/c7-3-6(11)12-8-4(9)1-2-5(8)10;1-2-3-7-4-6-5-8-6;1-4(8)5(7-6)12(9,10-2)11-3;1-2-4-7-5-3-6;1-2-6-4(7)3-5;2*1-2-3-4;1-3-2;2*1-2-3;1-2(3)4;1-2-3;2*1-2(3)4;1-2-3;1-2;4-2-1-3-5;2-1-4-3;;;;/h1-3H2;1,6H,3-5H2;1-3H3;1H,3-6H2;2-3H2,1H3,(H,6,7);2*1H,3-4H2;1H,2H3;2*2H2,1H3;1H3;2-3H2,1H3;2*1H3,(H,3,4);2H,1H3;1H;2,4H,1H2;1,3H;;;;/q;;;;;;;;;;;;;;;-1;;;3*+1;-1/p-1. The molecule has 0 aromatic carbocycles. The molecule has 1 unspecified atom stereocenters. The summed E-state index contributed by atoms with van der Waals surface area (Å²) in [5.74, 6) is 8.94. The van der Waals surface area contributed by atoms with Crippen molar-refractivity contribution < 1.29 is 244 Å². The van der Waals surface area contributed by atoms with Gasteiger partial charge in [-0.1, -0.05) is 89.1 Å². The number of thiol groups is 1. The maximum atomic E-state index is 11.4. The van der Waals surface area contributed by atoms with Crippen molar-refractivity contribution in [3.8, 4) is 68.1 Å². The molecule has 2 fully saturated rings. The minimum Gasteiger partial charge on any atom is -1.00 e. The first-order valence-electron chi connectivity index (χ1n) is 24.6. The van der Waals surface area contributed by atoms with Gasteiger partial charge in [0.2, 0.25) is 11.7 Å². The SMILES string of the molecule is C#CC.C#CCN.C#CCN.C#CCOCC1CO1.C#CCOCCN.CC(=O)F.CC(=O)O.CC(=O)O.CC=O.CCCl.CCCl.CCN.CCNC(=O)CBr.COP(=O)(OC)C(=[N+]=[N-])C(C)=O.O=C(CBr)ON1C(=O)CCC1=O.O=CO[O-].S=NCNS.[C-]#C.[H-].[K+].[K+].[Na+]. The van der Waals surface area contributed by atoms with Crippen molar-refractivity contribution in [2.75, 3.05) is 109 Å². The number of imide groups is 1. The van der Waals surface area contributed by atoms with E-state index < -0.39 is 54.6 Å². The number of halogens is 5. The first-order chi connectivity index (χ1) is 43.2. The van der Waals surface area contributed by atoms with Crippen LogP contribution in [-0.4, -0.2) is 201 Å². The number of carbonyl (C=O) groups is 10. The molecule has 536 valence electrons. The van der Waals surface area contributed by atoms with Crippen LogP contribution in [0.5, 0.6) is 0 Å². The number of nitrogens with two attached hydrogens (primary N) is 4. The molecule has 12 N–H and O–H groups in total. The molecule has 0 radical (unpaired) electrons. The number of nitrogens with one attached hydrogen (secondary N) is 2. The molecule has 0 bridgehead atoms. The van der Waals surface area contributed by atoms with E-state index in [1.807, 2.05) is 27.7 Å². The normalized spacial score (nSPS) is 9.39. The molecule has 2 aliphatic heterocycles. The van der Waals surface area contributed by atoms with Crippen molar-refractivity contribution in [3.05, 3.63) is 12.0 Å². The number of carboxylic acid groups (broad SMARTS) is 2. The monoisotopic (exact) mass is 1650 g/mol. The van der Waals surface area contributed by atoms with E-state index >= 15 is 0 Å². The Morgan fingerprint density at radius 2 is 1.20 bits per heavy atom. The van der Waals surface area contributed by atoms with Crippen LogP contribution in [0, 0.1) is 74.6 Å². The predicted molar refractivity (Wildman–Crippen MR) is 364 cm³/mol. The number of carboxylic acids is 2. The molecule has 2 heterocycles. The molecule has 42 heteroatoms. The maximum Gasteiger partial charge on any atom is 1.00 e. The second-order valence-corrected chi connectivity index (χ2v) is 17.2. The Bertz CT molecular complexity index is 2050. The number of amides is 3. The minimum absolute atomic E-state index is 0. The van der Waals surface area contributed by atoms with Crippen molar-refractivity contribution >= 4 is 154 Å². The average molecular weight is 1650 g/mol. The van der Waals surface area contributed by atoms with E-state index in [4.69, 9.17) is 125 Å². The second-order valence-electron chi connectivity index (χ2n) is 12.3. The smallest absolute Gasteiger partial charge is 1.00 e. The molecule has 0 saturated carbocycles. The van der Waals surface area contributed by atoms with Gasteiger partial charge in [0.05, 0.1) is 38.2 Å². The molecule has 0 aliphatic carbocycles.